The molecule has 0 spiro atoms. The third-order valence-electron chi connectivity index (χ3n) is 2.51. The van der Waals surface area contributed by atoms with Crippen LogP contribution in [-0.4, -0.2) is 19.0 Å². The molecular weight excluding hydrogens is 218 g/mol. The number of methoxy groups -OCH3 is 1. The standard InChI is InChI=1S/C13H17NO3/c1-9-4-5-10(2)11(6-9)8-14-12(15)7-13(16)17-3/h4-6H,7-8H2,1-3H3,(H,14,15). The van der Waals surface area contributed by atoms with Crippen molar-refractivity contribution in [2.24, 2.45) is 0 Å². The van der Waals surface area contributed by atoms with Crippen LogP contribution in [0.2, 0.25) is 0 Å². The lowest BCUT2D eigenvalue weighted by molar-refractivity contribution is -0.143. The average molecular weight is 235 g/mol. The molecule has 0 saturated carbocycles. The first-order chi connectivity index (χ1) is 8.02. The van der Waals surface area contributed by atoms with Crippen LogP contribution < -0.4 is 5.32 Å². The molecular formula is C13H17NO3. The maximum Gasteiger partial charge on any atom is 0.315 e. The van der Waals surface area contributed by atoms with Crippen molar-refractivity contribution in [3.8, 4) is 0 Å². The number of rotatable bonds is 4. The monoisotopic (exact) mass is 235 g/mol. The lowest BCUT2D eigenvalue weighted by atomic mass is 10.1. The maximum absolute atomic E-state index is 11.4. The minimum atomic E-state index is -0.525. The summed E-state index contributed by atoms with van der Waals surface area (Å²) in [6.07, 6.45) is -0.235. The second kappa shape index (κ2) is 6.03. The number of hydrogen-bond donors (Lipinski definition) is 1. The zero-order valence-corrected chi connectivity index (χ0v) is 10.4. The van der Waals surface area contributed by atoms with Crippen LogP contribution in [0.3, 0.4) is 0 Å². The molecule has 92 valence electrons. The third kappa shape index (κ3) is 4.26. The van der Waals surface area contributed by atoms with E-state index in [1.807, 2.05) is 32.0 Å². The fourth-order valence-corrected chi connectivity index (χ4v) is 1.45. The van der Waals surface area contributed by atoms with Gasteiger partial charge in [-0.15, -0.1) is 0 Å². The number of amides is 1. The van der Waals surface area contributed by atoms with Gasteiger partial charge in [-0.3, -0.25) is 9.59 Å². The first-order valence-electron chi connectivity index (χ1n) is 5.42. The molecule has 4 heteroatoms. The Morgan fingerprint density at radius 3 is 2.65 bits per heavy atom. The first kappa shape index (κ1) is 13.2. The van der Waals surface area contributed by atoms with Gasteiger partial charge in [0.1, 0.15) is 6.42 Å². The third-order valence-corrected chi connectivity index (χ3v) is 2.51. The highest BCUT2D eigenvalue weighted by atomic mass is 16.5. The summed E-state index contributed by atoms with van der Waals surface area (Å²) in [5, 5.41) is 2.69. The Kier molecular flexibility index (Phi) is 4.69. The number of esters is 1. The van der Waals surface area contributed by atoms with Crippen molar-refractivity contribution in [2.75, 3.05) is 7.11 Å². The summed E-state index contributed by atoms with van der Waals surface area (Å²) in [7, 11) is 1.26. The van der Waals surface area contributed by atoms with Crippen LogP contribution in [0.25, 0.3) is 0 Å². The minimum Gasteiger partial charge on any atom is -0.469 e. The summed E-state index contributed by atoms with van der Waals surface area (Å²) < 4.78 is 4.42. The quantitative estimate of drug-likeness (QED) is 0.635. The van der Waals surface area contributed by atoms with Gasteiger partial charge in [0.15, 0.2) is 0 Å². The Hall–Kier alpha value is -1.84. The van der Waals surface area contributed by atoms with Crippen LogP contribution in [-0.2, 0) is 20.9 Å². The number of carbonyl (C=O) groups excluding carboxylic acids is 2. The number of carbonyl (C=O) groups is 2. The van der Waals surface area contributed by atoms with E-state index >= 15 is 0 Å². The highest BCUT2D eigenvalue weighted by Gasteiger charge is 2.09. The molecule has 17 heavy (non-hydrogen) atoms. The molecule has 0 heterocycles. The molecule has 0 aliphatic carbocycles. The molecule has 0 bridgehead atoms. The number of nitrogens with one attached hydrogen (secondary N) is 1. The SMILES string of the molecule is COC(=O)CC(=O)NCc1cc(C)ccc1C. The van der Waals surface area contributed by atoms with Crippen LogP contribution in [0.4, 0.5) is 0 Å². The molecule has 0 unspecified atom stereocenters. The Labute approximate surface area is 101 Å². The van der Waals surface area contributed by atoms with Crippen LogP contribution >= 0.6 is 0 Å². The fourth-order valence-electron chi connectivity index (χ4n) is 1.45. The maximum atomic E-state index is 11.4. The molecule has 1 aromatic rings. The number of benzene rings is 1. The molecule has 1 N–H and O–H groups in total. The van der Waals surface area contributed by atoms with E-state index < -0.39 is 5.97 Å². The summed E-state index contributed by atoms with van der Waals surface area (Å²) in [4.78, 5) is 22.2. The molecule has 0 saturated heterocycles. The topological polar surface area (TPSA) is 55.4 Å². The van der Waals surface area contributed by atoms with E-state index in [0.29, 0.717) is 6.54 Å². The van der Waals surface area contributed by atoms with E-state index in [2.05, 4.69) is 10.1 Å². The van der Waals surface area contributed by atoms with Crippen LogP contribution in [0.5, 0.6) is 0 Å². The van der Waals surface area contributed by atoms with Crippen molar-refractivity contribution in [3.05, 3.63) is 34.9 Å². The minimum absolute atomic E-state index is 0.235. The molecule has 0 atom stereocenters. The summed E-state index contributed by atoms with van der Waals surface area (Å²) in [5.41, 5.74) is 3.32. The van der Waals surface area contributed by atoms with E-state index in [1.54, 1.807) is 0 Å². The molecule has 1 aromatic carbocycles. The first-order valence-corrected chi connectivity index (χ1v) is 5.42. The summed E-state index contributed by atoms with van der Waals surface area (Å²) in [6.45, 7) is 4.42. The van der Waals surface area contributed by atoms with Crippen molar-refractivity contribution in [1.82, 2.24) is 5.32 Å². The van der Waals surface area contributed by atoms with Gasteiger partial charge in [0.05, 0.1) is 7.11 Å². The van der Waals surface area contributed by atoms with Gasteiger partial charge in [-0.05, 0) is 25.0 Å². The molecule has 0 fully saturated rings. The second-order valence-corrected chi connectivity index (χ2v) is 3.96. The van der Waals surface area contributed by atoms with E-state index in [-0.39, 0.29) is 12.3 Å². The van der Waals surface area contributed by atoms with Crippen molar-refractivity contribution in [3.63, 3.8) is 0 Å². The van der Waals surface area contributed by atoms with Crippen molar-refractivity contribution in [1.29, 1.82) is 0 Å². The predicted molar refractivity (Wildman–Crippen MR) is 64.4 cm³/mol. The van der Waals surface area contributed by atoms with E-state index in [1.165, 1.54) is 7.11 Å². The van der Waals surface area contributed by atoms with Gasteiger partial charge in [0.2, 0.25) is 5.91 Å². The van der Waals surface area contributed by atoms with Gasteiger partial charge < -0.3 is 10.1 Å². The highest BCUT2D eigenvalue weighted by Crippen LogP contribution is 2.10. The molecule has 0 aliphatic heterocycles. The van der Waals surface area contributed by atoms with Crippen LogP contribution in [0.15, 0.2) is 18.2 Å². The van der Waals surface area contributed by atoms with Gasteiger partial charge in [-0.1, -0.05) is 23.8 Å². The Morgan fingerprint density at radius 2 is 2.00 bits per heavy atom. The Morgan fingerprint density at radius 1 is 1.29 bits per heavy atom. The van der Waals surface area contributed by atoms with E-state index in [4.69, 9.17) is 0 Å². The van der Waals surface area contributed by atoms with Crippen LogP contribution in [0.1, 0.15) is 23.1 Å². The zero-order valence-electron chi connectivity index (χ0n) is 10.4. The summed E-state index contributed by atoms with van der Waals surface area (Å²) in [5.74, 6) is -0.846. The number of ether oxygens (including phenoxy) is 1. The lowest BCUT2D eigenvalue weighted by Gasteiger charge is -2.08. The molecule has 1 rings (SSSR count). The van der Waals surface area contributed by atoms with E-state index in [9.17, 15) is 9.59 Å². The van der Waals surface area contributed by atoms with Gasteiger partial charge in [0, 0.05) is 6.54 Å². The smallest absolute Gasteiger partial charge is 0.315 e. The normalized spacial score (nSPS) is 9.82. The number of aryl methyl sites for hydroxylation is 2. The summed E-state index contributed by atoms with van der Waals surface area (Å²) >= 11 is 0. The predicted octanol–water partition coefficient (Wildman–Crippen LogP) is 1.48. The Bertz CT molecular complexity index is 427. The van der Waals surface area contributed by atoms with Gasteiger partial charge in [-0.2, -0.15) is 0 Å². The molecule has 0 radical (unpaired) electrons. The fraction of sp³-hybridized carbons (Fsp3) is 0.385. The van der Waals surface area contributed by atoms with E-state index in [0.717, 1.165) is 16.7 Å². The molecule has 0 aromatic heterocycles. The van der Waals surface area contributed by atoms with Gasteiger partial charge in [0.25, 0.3) is 0 Å². The summed E-state index contributed by atoms with van der Waals surface area (Å²) in [6, 6.07) is 6.06. The molecule has 4 nitrogen and oxygen atoms in total. The number of hydrogen-bond acceptors (Lipinski definition) is 3. The zero-order chi connectivity index (χ0) is 12.8. The van der Waals surface area contributed by atoms with Crippen molar-refractivity contribution < 1.29 is 14.3 Å². The highest BCUT2D eigenvalue weighted by molar-refractivity contribution is 5.94. The average Bonchev–Trinajstić information content (AvgIpc) is 2.30. The van der Waals surface area contributed by atoms with Crippen LogP contribution in [0, 0.1) is 13.8 Å². The Balaban J connectivity index is 2.53. The molecule has 0 aliphatic rings. The van der Waals surface area contributed by atoms with Crippen molar-refractivity contribution >= 4 is 11.9 Å². The largest absolute Gasteiger partial charge is 0.469 e. The van der Waals surface area contributed by atoms with Gasteiger partial charge >= 0.3 is 5.97 Å². The van der Waals surface area contributed by atoms with Gasteiger partial charge in [-0.25, -0.2) is 0 Å². The van der Waals surface area contributed by atoms with Crippen molar-refractivity contribution in [2.45, 2.75) is 26.8 Å². The lowest BCUT2D eigenvalue weighted by Crippen LogP contribution is -2.26. The molecule has 1 amide bonds. The second-order valence-electron chi connectivity index (χ2n) is 3.96.